The topological polar surface area (TPSA) is 142 Å². The first-order valence-electron chi connectivity index (χ1n) is 9.22. The van der Waals surface area contributed by atoms with E-state index in [0.29, 0.717) is 0 Å². The van der Waals surface area contributed by atoms with Crippen LogP contribution in [-0.4, -0.2) is 46.5 Å². The molecule has 0 aliphatic carbocycles. The van der Waals surface area contributed by atoms with E-state index in [1.165, 1.54) is 0 Å². The molecule has 0 saturated carbocycles. The fourth-order valence-electron chi connectivity index (χ4n) is 2.60. The Morgan fingerprint density at radius 2 is 1.79 bits per heavy atom. The summed E-state index contributed by atoms with van der Waals surface area (Å²) in [5, 5.41) is 12.1. The molecule has 0 heterocycles. The summed E-state index contributed by atoms with van der Waals surface area (Å²) in [5.74, 6) is -1.90. The Kier molecular flexibility index (Phi) is 9.37. The maximum absolute atomic E-state index is 12.8. The summed E-state index contributed by atoms with van der Waals surface area (Å²) in [5.41, 5.74) is 8.62. The lowest BCUT2D eigenvalue weighted by Crippen LogP contribution is -2.55. The van der Waals surface area contributed by atoms with Gasteiger partial charge in [0.05, 0.1) is 6.54 Å². The number of hydrogen-bond donors (Lipinski definition) is 4. The Hall–Kier alpha value is -3.36. The quantitative estimate of drug-likeness (QED) is 0.342. The van der Waals surface area contributed by atoms with Gasteiger partial charge in [-0.1, -0.05) is 50.8 Å². The lowest BCUT2D eigenvalue weighted by Gasteiger charge is -2.27. The molecule has 158 valence electrons. The van der Waals surface area contributed by atoms with Gasteiger partial charge in [-0.05, 0) is 17.9 Å². The molecule has 5 N–H and O–H groups in total. The van der Waals surface area contributed by atoms with Gasteiger partial charge in [0.2, 0.25) is 5.91 Å². The summed E-state index contributed by atoms with van der Waals surface area (Å²) in [7, 11) is 0. The van der Waals surface area contributed by atoms with E-state index >= 15 is 0 Å². The highest BCUT2D eigenvalue weighted by Crippen LogP contribution is 2.10. The average molecular weight is 404 g/mol. The monoisotopic (exact) mass is 404 g/mol. The normalized spacial score (nSPS) is 11.4. The minimum Gasteiger partial charge on any atom is -0.465 e. The first kappa shape index (κ1) is 23.7. The Morgan fingerprint density at radius 1 is 1.17 bits per heavy atom. The molecule has 0 radical (unpaired) electrons. The summed E-state index contributed by atoms with van der Waals surface area (Å²) in [6.07, 6.45) is -1.03. The highest BCUT2D eigenvalue weighted by molar-refractivity contribution is 5.95. The van der Waals surface area contributed by atoms with Crippen molar-refractivity contribution in [3.05, 3.63) is 48.0 Å². The van der Waals surface area contributed by atoms with E-state index in [0.717, 1.165) is 10.6 Å². The van der Waals surface area contributed by atoms with Gasteiger partial charge in [0, 0.05) is 18.4 Å². The minimum absolute atomic E-state index is 0.0282. The van der Waals surface area contributed by atoms with E-state index in [9.17, 15) is 19.2 Å². The van der Waals surface area contributed by atoms with Crippen LogP contribution in [0.1, 0.15) is 32.3 Å². The maximum atomic E-state index is 12.8. The molecule has 0 aromatic heterocycles. The number of benzene rings is 1. The number of carbonyl (C=O) groups is 4. The Morgan fingerprint density at radius 3 is 2.31 bits per heavy atom. The molecule has 0 saturated heterocycles. The van der Waals surface area contributed by atoms with Crippen LogP contribution in [0.2, 0.25) is 0 Å². The van der Waals surface area contributed by atoms with E-state index in [2.05, 4.69) is 17.3 Å². The lowest BCUT2D eigenvalue weighted by atomic mass is 10.0. The van der Waals surface area contributed by atoms with Crippen molar-refractivity contribution in [3.8, 4) is 0 Å². The number of hydrazine groups is 1. The van der Waals surface area contributed by atoms with Gasteiger partial charge in [-0.2, -0.15) is 0 Å². The fourth-order valence-corrected chi connectivity index (χ4v) is 2.60. The molecule has 0 aliphatic rings. The van der Waals surface area contributed by atoms with Gasteiger partial charge < -0.3 is 16.2 Å². The molecule has 0 aliphatic heterocycles. The third kappa shape index (κ3) is 8.91. The molecular weight excluding hydrogens is 376 g/mol. The highest BCUT2D eigenvalue weighted by Gasteiger charge is 2.26. The SMILES string of the molecule is C=C(Cc1ccccc1)C(=O)N(CCC(N)=O)NC(=O)C(CC(C)C)NC(=O)O. The van der Waals surface area contributed by atoms with E-state index in [-0.39, 0.29) is 37.3 Å². The van der Waals surface area contributed by atoms with Gasteiger partial charge in [0.25, 0.3) is 11.8 Å². The van der Waals surface area contributed by atoms with Crippen LogP contribution in [0, 0.1) is 5.92 Å². The standard InChI is InChI=1S/C20H28N4O5/c1-13(2)11-16(22-20(28)29)18(26)23-24(10-9-17(21)25)19(27)14(3)12-15-7-5-4-6-8-15/h4-8,13,16,22H,3,9-12H2,1-2H3,(H2,21,25)(H,23,26)(H,28,29). The fraction of sp³-hybridized carbons (Fsp3) is 0.400. The smallest absolute Gasteiger partial charge is 0.405 e. The molecule has 1 unspecified atom stereocenters. The van der Waals surface area contributed by atoms with Crippen LogP contribution in [-0.2, 0) is 20.8 Å². The molecule has 1 aromatic rings. The number of carbonyl (C=O) groups excluding carboxylic acids is 3. The van der Waals surface area contributed by atoms with Crippen molar-refractivity contribution in [1.82, 2.24) is 15.8 Å². The molecular formula is C20H28N4O5. The van der Waals surface area contributed by atoms with E-state index in [4.69, 9.17) is 10.8 Å². The van der Waals surface area contributed by atoms with Crippen LogP contribution in [0.3, 0.4) is 0 Å². The first-order chi connectivity index (χ1) is 13.6. The molecule has 29 heavy (non-hydrogen) atoms. The van der Waals surface area contributed by atoms with Gasteiger partial charge in [0.15, 0.2) is 0 Å². The highest BCUT2D eigenvalue weighted by atomic mass is 16.4. The average Bonchev–Trinajstić information content (AvgIpc) is 2.63. The number of nitrogens with zero attached hydrogens (tertiary/aromatic N) is 1. The molecule has 9 nitrogen and oxygen atoms in total. The van der Waals surface area contributed by atoms with Crippen LogP contribution < -0.4 is 16.5 Å². The van der Waals surface area contributed by atoms with E-state index < -0.39 is 29.9 Å². The summed E-state index contributed by atoms with van der Waals surface area (Å²) in [4.78, 5) is 47.5. The summed E-state index contributed by atoms with van der Waals surface area (Å²) in [6.45, 7) is 7.29. The second-order valence-electron chi connectivity index (χ2n) is 7.05. The Labute approximate surface area is 169 Å². The summed E-state index contributed by atoms with van der Waals surface area (Å²) >= 11 is 0. The Bertz CT molecular complexity index is 748. The van der Waals surface area contributed by atoms with Crippen LogP contribution in [0.15, 0.2) is 42.5 Å². The molecule has 1 aromatic carbocycles. The molecule has 0 spiro atoms. The van der Waals surface area contributed by atoms with Crippen molar-refractivity contribution in [1.29, 1.82) is 0 Å². The van der Waals surface area contributed by atoms with Crippen LogP contribution in [0.5, 0.6) is 0 Å². The lowest BCUT2D eigenvalue weighted by molar-refractivity contribution is -0.140. The molecule has 1 atom stereocenters. The van der Waals surface area contributed by atoms with Crippen molar-refractivity contribution < 1.29 is 24.3 Å². The van der Waals surface area contributed by atoms with Crippen LogP contribution in [0.4, 0.5) is 4.79 Å². The molecule has 1 rings (SSSR count). The zero-order chi connectivity index (χ0) is 22.0. The number of rotatable bonds is 10. The summed E-state index contributed by atoms with van der Waals surface area (Å²) < 4.78 is 0. The largest absolute Gasteiger partial charge is 0.465 e. The minimum atomic E-state index is -1.35. The van der Waals surface area contributed by atoms with Crippen molar-refractivity contribution in [3.63, 3.8) is 0 Å². The zero-order valence-electron chi connectivity index (χ0n) is 16.7. The van der Waals surface area contributed by atoms with Gasteiger partial charge in [-0.25, -0.2) is 9.80 Å². The van der Waals surface area contributed by atoms with Crippen molar-refractivity contribution >= 4 is 23.8 Å². The zero-order valence-corrected chi connectivity index (χ0v) is 16.7. The predicted molar refractivity (Wildman–Crippen MR) is 107 cm³/mol. The van der Waals surface area contributed by atoms with Gasteiger partial charge >= 0.3 is 6.09 Å². The second kappa shape index (κ2) is 11.5. The number of hydrogen-bond acceptors (Lipinski definition) is 4. The molecule has 4 amide bonds. The van der Waals surface area contributed by atoms with E-state index in [1.807, 2.05) is 44.2 Å². The molecule has 9 heteroatoms. The van der Waals surface area contributed by atoms with Crippen molar-refractivity contribution in [2.45, 2.75) is 39.2 Å². The predicted octanol–water partition coefficient (Wildman–Crippen LogP) is 1.20. The molecule has 0 bridgehead atoms. The van der Waals surface area contributed by atoms with Gasteiger partial charge in [0.1, 0.15) is 6.04 Å². The van der Waals surface area contributed by atoms with Gasteiger partial charge in [-0.15, -0.1) is 0 Å². The number of primary amides is 1. The first-order valence-corrected chi connectivity index (χ1v) is 9.22. The van der Waals surface area contributed by atoms with E-state index in [1.54, 1.807) is 0 Å². The molecule has 0 fully saturated rings. The number of carboxylic acid groups (broad SMARTS) is 1. The Balaban J connectivity index is 2.92. The van der Waals surface area contributed by atoms with Crippen LogP contribution >= 0.6 is 0 Å². The van der Waals surface area contributed by atoms with Crippen molar-refractivity contribution in [2.24, 2.45) is 11.7 Å². The third-order valence-electron chi connectivity index (χ3n) is 3.96. The van der Waals surface area contributed by atoms with Gasteiger partial charge in [-0.3, -0.25) is 19.8 Å². The maximum Gasteiger partial charge on any atom is 0.405 e. The second-order valence-corrected chi connectivity index (χ2v) is 7.05. The summed E-state index contributed by atoms with van der Waals surface area (Å²) in [6, 6.07) is 8.11. The number of amides is 4. The van der Waals surface area contributed by atoms with Crippen LogP contribution in [0.25, 0.3) is 0 Å². The number of nitrogens with one attached hydrogen (secondary N) is 2. The third-order valence-corrected chi connectivity index (χ3v) is 3.96. The number of nitrogens with two attached hydrogens (primary N) is 1. The van der Waals surface area contributed by atoms with Crippen molar-refractivity contribution in [2.75, 3.05) is 6.54 Å².